The van der Waals surface area contributed by atoms with E-state index < -0.39 is 16.4 Å². The summed E-state index contributed by atoms with van der Waals surface area (Å²) in [7, 11) is 3.74. The van der Waals surface area contributed by atoms with Crippen LogP contribution in [0.25, 0.3) is 0 Å². The zero-order valence-corrected chi connectivity index (χ0v) is 12.2. The fraction of sp³-hybridized carbons (Fsp3) is 0.500. The maximum atomic E-state index is 12.3. The van der Waals surface area contributed by atoms with Gasteiger partial charge < -0.3 is 14.9 Å². The monoisotopic (exact) mass is 293 g/mol. The van der Waals surface area contributed by atoms with Gasteiger partial charge in [-0.2, -0.15) is 0 Å². The van der Waals surface area contributed by atoms with Gasteiger partial charge in [-0.05, 0) is 38.6 Å². The van der Waals surface area contributed by atoms with E-state index >= 15 is 0 Å². The van der Waals surface area contributed by atoms with Gasteiger partial charge in [0, 0.05) is 31.3 Å². The van der Waals surface area contributed by atoms with Crippen LogP contribution in [-0.2, 0) is 0 Å². The van der Waals surface area contributed by atoms with Crippen molar-refractivity contribution < 1.29 is 14.8 Å². The normalized spacial score (nSPS) is 18.7. The molecular weight excluding hydrogens is 274 g/mol. The van der Waals surface area contributed by atoms with Crippen molar-refractivity contribution in [2.45, 2.75) is 18.9 Å². The van der Waals surface area contributed by atoms with Gasteiger partial charge in [-0.15, -0.1) is 0 Å². The van der Waals surface area contributed by atoms with Crippen LogP contribution < -0.4 is 0 Å². The summed E-state index contributed by atoms with van der Waals surface area (Å²) in [6.07, 6.45) is 2.18. The summed E-state index contributed by atoms with van der Waals surface area (Å²) >= 11 is 0. The van der Waals surface area contributed by atoms with E-state index in [9.17, 15) is 20.0 Å². The minimum atomic E-state index is -0.680. The first kappa shape index (κ1) is 15.2. The Balaban J connectivity index is 2.08. The molecule has 1 amide bonds. The second-order valence-electron chi connectivity index (χ2n) is 5.42. The molecular formula is C14H19N3O4. The van der Waals surface area contributed by atoms with Gasteiger partial charge in [-0.1, -0.05) is 0 Å². The number of nitrogens with zero attached hydrogens (tertiary/aromatic N) is 3. The maximum Gasteiger partial charge on any atom is 0.310 e. The summed E-state index contributed by atoms with van der Waals surface area (Å²) in [5.74, 6) is -0.738. The van der Waals surface area contributed by atoms with E-state index in [0.717, 1.165) is 31.5 Å². The molecule has 0 bridgehead atoms. The van der Waals surface area contributed by atoms with E-state index in [1.807, 2.05) is 7.05 Å². The van der Waals surface area contributed by atoms with Crippen LogP contribution in [0.15, 0.2) is 18.2 Å². The molecule has 0 radical (unpaired) electrons. The first-order valence-electron chi connectivity index (χ1n) is 6.83. The van der Waals surface area contributed by atoms with Crippen molar-refractivity contribution in [3.8, 4) is 5.75 Å². The van der Waals surface area contributed by atoms with Gasteiger partial charge in [0.1, 0.15) is 0 Å². The number of carbonyl (C=O) groups excluding carboxylic acids is 1. The first-order chi connectivity index (χ1) is 9.90. The molecule has 1 aliphatic rings. The molecule has 1 aromatic rings. The quantitative estimate of drug-likeness (QED) is 0.671. The SMILES string of the molecule is CN(CC1CCCN1C)C(=O)c1ccc([N+](=O)[O-])c(O)c1. The molecule has 1 atom stereocenters. The third-order valence-electron chi connectivity index (χ3n) is 3.92. The van der Waals surface area contributed by atoms with Crippen LogP contribution in [0.4, 0.5) is 5.69 Å². The summed E-state index contributed by atoms with van der Waals surface area (Å²) in [5, 5.41) is 20.2. The summed E-state index contributed by atoms with van der Waals surface area (Å²) in [5.41, 5.74) is -0.147. The van der Waals surface area contributed by atoms with E-state index in [0.29, 0.717) is 12.6 Å². The minimum absolute atomic E-state index is 0.250. The number of amides is 1. The van der Waals surface area contributed by atoms with Crippen molar-refractivity contribution in [3.63, 3.8) is 0 Å². The summed E-state index contributed by atoms with van der Waals surface area (Å²) in [6.45, 7) is 1.64. The van der Waals surface area contributed by atoms with E-state index in [1.54, 1.807) is 11.9 Å². The number of rotatable bonds is 4. The Labute approximate surface area is 122 Å². The third-order valence-corrected chi connectivity index (χ3v) is 3.92. The highest BCUT2D eigenvalue weighted by molar-refractivity contribution is 5.94. The summed E-state index contributed by atoms with van der Waals surface area (Å²) in [6, 6.07) is 4.01. The average molecular weight is 293 g/mol. The lowest BCUT2D eigenvalue weighted by atomic mass is 10.1. The lowest BCUT2D eigenvalue weighted by molar-refractivity contribution is -0.385. The molecule has 0 spiro atoms. The Kier molecular flexibility index (Phi) is 4.42. The number of likely N-dealkylation sites (tertiary alicyclic amines) is 1. The molecule has 1 fully saturated rings. The van der Waals surface area contributed by atoms with Gasteiger partial charge in [-0.25, -0.2) is 0 Å². The molecule has 7 nitrogen and oxygen atoms in total. The molecule has 1 unspecified atom stereocenters. The van der Waals surface area contributed by atoms with Crippen molar-refractivity contribution in [3.05, 3.63) is 33.9 Å². The van der Waals surface area contributed by atoms with Crippen LogP contribution in [0.2, 0.25) is 0 Å². The Morgan fingerprint density at radius 2 is 2.29 bits per heavy atom. The van der Waals surface area contributed by atoms with E-state index in [-0.39, 0.29) is 11.5 Å². The van der Waals surface area contributed by atoms with Crippen molar-refractivity contribution in [2.75, 3.05) is 27.2 Å². The number of nitro groups is 1. The van der Waals surface area contributed by atoms with Gasteiger partial charge >= 0.3 is 5.69 Å². The first-order valence-corrected chi connectivity index (χ1v) is 6.83. The predicted molar refractivity (Wildman–Crippen MR) is 77.4 cm³/mol. The van der Waals surface area contributed by atoms with Crippen LogP contribution in [0.3, 0.4) is 0 Å². The van der Waals surface area contributed by atoms with Crippen LogP contribution in [0.5, 0.6) is 5.75 Å². The molecule has 1 heterocycles. The van der Waals surface area contributed by atoms with Gasteiger partial charge in [0.2, 0.25) is 0 Å². The van der Waals surface area contributed by atoms with E-state index in [1.165, 1.54) is 6.07 Å². The van der Waals surface area contributed by atoms with Gasteiger partial charge in [0.05, 0.1) is 4.92 Å². The van der Waals surface area contributed by atoms with Crippen molar-refractivity contribution in [2.24, 2.45) is 0 Å². The summed E-state index contributed by atoms with van der Waals surface area (Å²) < 4.78 is 0. The van der Waals surface area contributed by atoms with Crippen LogP contribution in [0.1, 0.15) is 23.2 Å². The Bertz CT molecular complexity index is 561. The smallest absolute Gasteiger partial charge is 0.310 e. The lowest BCUT2D eigenvalue weighted by Gasteiger charge is -2.26. The van der Waals surface area contributed by atoms with E-state index in [2.05, 4.69) is 4.90 Å². The Morgan fingerprint density at radius 1 is 1.57 bits per heavy atom. The van der Waals surface area contributed by atoms with E-state index in [4.69, 9.17) is 0 Å². The lowest BCUT2D eigenvalue weighted by Crippen LogP contribution is -2.39. The number of benzene rings is 1. The topological polar surface area (TPSA) is 86.9 Å². The van der Waals surface area contributed by atoms with Gasteiger partial charge in [-0.3, -0.25) is 14.9 Å². The molecule has 1 aromatic carbocycles. The molecule has 7 heteroatoms. The second-order valence-corrected chi connectivity index (χ2v) is 5.42. The number of phenolic OH excluding ortho intramolecular Hbond substituents is 1. The number of phenols is 1. The van der Waals surface area contributed by atoms with Crippen molar-refractivity contribution >= 4 is 11.6 Å². The molecule has 21 heavy (non-hydrogen) atoms. The highest BCUT2D eigenvalue weighted by Gasteiger charge is 2.25. The fourth-order valence-electron chi connectivity index (χ4n) is 2.64. The Morgan fingerprint density at radius 3 is 2.81 bits per heavy atom. The van der Waals surface area contributed by atoms with Gasteiger partial charge in [0.15, 0.2) is 5.75 Å². The molecule has 1 saturated heterocycles. The van der Waals surface area contributed by atoms with Crippen molar-refractivity contribution in [1.82, 2.24) is 9.80 Å². The highest BCUT2D eigenvalue weighted by atomic mass is 16.6. The zero-order chi connectivity index (χ0) is 15.6. The van der Waals surface area contributed by atoms with Crippen LogP contribution >= 0.6 is 0 Å². The number of hydrogen-bond acceptors (Lipinski definition) is 5. The van der Waals surface area contributed by atoms with Crippen molar-refractivity contribution in [1.29, 1.82) is 0 Å². The number of nitro benzene ring substituents is 1. The largest absolute Gasteiger partial charge is 0.502 e. The third kappa shape index (κ3) is 3.30. The average Bonchev–Trinajstić information content (AvgIpc) is 2.82. The molecule has 0 saturated carbocycles. The number of aromatic hydroxyl groups is 1. The molecule has 2 rings (SSSR count). The Hall–Kier alpha value is -2.15. The van der Waals surface area contributed by atoms with Crippen LogP contribution in [-0.4, -0.2) is 59.0 Å². The predicted octanol–water partition coefficient (Wildman–Crippen LogP) is 1.47. The molecule has 1 aliphatic heterocycles. The van der Waals surface area contributed by atoms with Gasteiger partial charge in [0.25, 0.3) is 5.91 Å². The molecule has 1 N–H and O–H groups in total. The summed E-state index contributed by atoms with van der Waals surface area (Å²) in [4.78, 5) is 26.1. The standard InChI is InChI=1S/C14H19N3O4/c1-15-7-3-4-11(15)9-16(2)14(19)10-5-6-12(17(20)21)13(18)8-10/h5-6,8,11,18H,3-4,7,9H2,1-2H3. The van der Waals surface area contributed by atoms with Crippen LogP contribution in [0, 0.1) is 10.1 Å². The fourth-order valence-corrected chi connectivity index (χ4v) is 2.64. The maximum absolute atomic E-state index is 12.3. The molecule has 0 aliphatic carbocycles. The molecule has 114 valence electrons. The highest BCUT2D eigenvalue weighted by Crippen LogP contribution is 2.27. The molecule has 0 aromatic heterocycles. The zero-order valence-electron chi connectivity index (χ0n) is 12.2. The number of likely N-dealkylation sites (N-methyl/N-ethyl adjacent to an activating group) is 2. The number of hydrogen-bond donors (Lipinski definition) is 1. The minimum Gasteiger partial charge on any atom is -0.502 e. The number of carbonyl (C=O) groups is 1. The second kappa shape index (κ2) is 6.09.